The Hall–Kier alpha value is -2.36. The number of piperazine rings is 1. The molecule has 0 aliphatic carbocycles. The largest absolute Gasteiger partial charge is 0.495 e. The van der Waals surface area contributed by atoms with Crippen molar-refractivity contribution in [2.24, 2.45) is 0 Å². The Labute approximate surface area is 181 Å². The zero-order valence-corrected chi connectivity index (χ0v) is 19.0. The number of thiophene rings is 1. The second kappa shape index (κ2) is 8.41. The highest BCUT2D eigenvalue weighted by atomic mass is 32.2. The summed E-state index contributed by atoms with van der Waals surface area (Å²) in [5.74, 6) is 0.798. The minimum absolute atomic E-state index is 0.0788. The van der Waals surface area contributed by atoms with Crippen LogP contribution in [0.1, 0.15) is 19.9 Å². The summed E-state index contributed by atoms with van der Waals surface area (Å²) in [6.07, 6.45) is 1.67. The summed E-state index contributed by atoms with van der Waals surface area (Å²) < 4.78 is 35.8. The van der Waals surface area contributed by atoms with E-state index in [1.165, 1.54) is 11.3 Å². The van der Waals surface area contributed by atoms with Crippen LogP contribution in [0, 0.1) is 0 Å². The molecule has 1 aliphatic heterocycles. The zero-order chi connectivity index (χ0) is 21.3. The van der Waals surface area contributed by atoms with Gasteiger partial charge in [0.1, 0.15) is 16.3 Å². The maximum absolute atomic E-state index is 13.5. The van der Waals surface area contributed by atoms with Crippen LogP contribution in [-0.2, 0) is 10.0 Å². The monoisotopic (exact) mass is 446 g/mol. The van der Waals surface area contributed by atoms with E-state index in [0.29, 0.717) is 31.9 Å². The Kier molecular flexibility index (Phi) is 5.86. The third-order valence-corrected chi connectivity index (χ3v) is 8.04. The third kappa shape index (κ3) is 3.84. The van der Waals surface area contributed by atoms with Crippen molar-refractivity contribution in [3.8, 4) is 16.3 Å². The van der Waals surface area contributed by atoms with Crippen LogP contribution in [-0.4, -0.2) is 55.8 Å². The van der Waals surface area contributed by atoms with Gasteiger partial charge in [-0.25, -0.2) is 8.42 Å². The fourth-order valence-corrected chi connectivity index (χ4v) is 5.96. The van der Waals surface area contributed by atoms with Gasteiger partial charge in [-0.15, -0.1) is 11.3 Å². The molecule has 3 heterocycles. The number of para-hydroxylation sites is 2. The van der Waals surface area contributed by atoms with E-state index in [9.17, 15) is 8.42 Å². The third-order valence-electron chi connectivity index (χ3n) is 5.26. The van der Waals surface area contributed by atoms with Gasteiger partial charge in [-0.1, -0.05) is 18.2 Å². The molecule has 1 saturated heterocycles. The molecular weight excluding hydrogens is 420 g/mol. The maximum atomic E-state index is 13.5. The molecule has 160 valence electrons. The van der Waals surface area contributed by atoms with Crippen molar-refractivity contribution in [2.45, 2.75) is 24.8 Å². The molecule has 0 N–H and O–H groups in total. The molecule has 0 radical (unpaired) electrons. The molecule has 0 atom stereocenters. The average Bonchev–Trinajstić information content (AvgIpc) is 3.44. The molecule has 9 heteroatoms. The summed E-state index contributed by atoms with van der Waals surface area (Å²) >= 11 is 1.50. The molecule has 2 aromatic heterocycles. The van der Waals surface area contributed by atoms with Crippen LogP contribution in [0.3, 0.4) is 0 Å². The van der Waals surface area contributed by atoms with Gasteiger partial charge in [0, 0.05) is 38.4 Å². The lowest BCUT2D eigenvalue weighted by Crippen LogP contribution is -2.48. The number of rotatable bonds is 6. The predicted octanol–water partition coefficient (Wildman–Crippen LogP) is 3.71. The van der Waals surface area contributed by atoms with Gasteiger partial charge in [-0.2, -0.15) is 9.40 Å². The number of hydrogen-bond donors (Lipinski definition) is 0. The molecule has 1 aliphatic rings. The summed E-state index contributed by atoms with van der Waals surface area (Å²) in [5.41, 5.74) is 1.52. The Bertz CT molecular complexity index is 1100. The van der Waals surface area contributed by atoms with Gasteiger partial charge in [0.2, 0.25) is 10.0 Å². The second-order valence-electron chi connectivity index (χ2n) is 7.46. The van der Waals surface area contributed by atoms with E-state index < -0.39 is 10.0 Å². The van der Waals surface area contributed by atoms with Gasteiger partial charge in [-0.05, 0) is 37.4 Å². The number of nitrogens with zero attached hydrogens (tertiary/aromatic N) is 4. The Balaban J connectivity index is 1.60. The van der Waals surface area contributed by atoms with E-state index in [1.807, 2.05) is 55.6 Å². The van der Waals surface area contributed by atoms with E-state index in [1.54, 1.807) is 22.3 Å². The van der Waals surface area contributed by atoms with Crippen molar-refractivity contribution in [1.82, 2.24) is 14.1 Å². The quantitative estimate of drug-likeness (QED) is 0.577. The van der Waals surface area contributed by atoms with Crippen LogP contribution in [0.4, 0.5) is 5.69 Å². The van der Waals surface area contributed by atoms with Crippen molar-refractivity contribution in [2.75, 3.05) is 38.2 Å². The maximum Gasteiger partial charge on any atom is 0.246 e. The smallest absolute Gasteiger partial charge is 0.246 e. The highest BCUT2D eigenvalue weighted by Crippen LogP contribution is 2.34. The molecule has 30 heavy (non-hydrogen) atoms. The first-order chi connectivity index (χ1) is 14.4. The van der Waals surface area contributed by atoms with Crippen LogP contribution in [0.15, 0.2) is 52.9 Å². The summed E-state index contributed by atoms with van der Waals surface area (Å²) in [7, 11) is -2.00. The van der Waals surface area contributed by atoms with Gasteiger partial charge < -0.3 is 9.64 Å². The minimum atomic E-state index is -3.65. The molecule has 3 aromatic rings. The first kappa shape index (κ1) is 20.9. The number of anilines is 1. The van der Waals surface area contributed by atoms with E-state index in [4.69, 9.17) is 4.74 Å². The standard InChI is InChI=1S/C21H26N4O3S2/c1-16(2)25-15-20(21(22-25)19-9-6-14-29-19)30(26,27)24-12-10-23(11-13-24)17-7-4-5-8-18(17)28-3/h4-9,14-16H,10-13H2,1-3H3. The first-order valence-corrected chi connectivity index (χ1v) is 12.2. The summed E-state index contributed by atoms with van der Waals surface area (Å²) in [5, 5.41) is 6.53. The Morgan fingerprint density at radius 1 is 1.07 bits per heavy atom. The average molecular weight is 447 g/mol. The number of methoxy groups -OCH3 is 1. The van der Waals surface area contributed by atoms with Crippen LogP contribution >= 0.6 is 11.3 Å². The lowest BCUT2D eigenvalue weighted by atomic mass is 10.2. The topological polar surface area (TPSA) is 67.7 Å². The molecule has 1 fully saturated rings. The van der Waals surface area contributed by atoms with Crippen molar-refractivity contribution < 1.29 is 13.2 Å². The van der Waals surface area contributed by atoms with Gasteiger partial charge in [-0.3, -0.25) is 4.68 Å². The van der Waals surface area contributed by atoms with Gasteiger partial charge in [0.15, 0.2) is 0 Å². The summed E-state index contributed by atoms with van der Waals surface area (Å²) in [4.78, 5) is 3.31. The summed E-state index contributed by atoms with van der Waals surface area (Å²) in [6, 6.07) is 11.7. The van der Waals surface area contributed by atoms with Crippen LogP contribution < -0.4 is 9.64 Å². The predicted molar refractivity (Wildman–Crippen MR) is 120 cm³/mol. The van der Waals surface area contributed by atoms with Crippen molar-refractivity contribution in [3.05, 3.63) is 48.0 Å². The lowest BCUT2D eigenvalue weighted by molar-refractivity contribution is 0.378. The number of benzene rings is 1. The van der Waals surface area contributed by atoms with E-state index >= 15 is 0 Å². The highest BCUT2D eigenvalue weighted by Gasteiger charge is 2.33. The summed E-state index contributed by atoms with van der Waals surface area (Å²) in [6.45, 7) is 6.02. The Morgan fingerprint density at radius 3 is 2.43 bits per heavy atom. The molecule has 0 saturated carbocycles. The molecule has 1 aromatic carbocycles. The lowest BCUT2D eigenvalue weighted by Gasteiger charge is -2.35. The molecule has 7 nitrogen and oxygen atoms in total. The van der Waals surface area contributed by atoms with Gasteiger partial charge in [0.25, 0.3) is 0 Å². The van der Waals surface area contributed by atoms with Crippen LogP contribution in [0.25, 0.3) is 10.6 Å². The second-order valence-corrected chi connectivity index (χ2v) is 10.3. The van der Waals surface area contributed by atoms with Crippen LogP contribution in [0.2, 0.25) is 0 Å². The van der Waals surface area contributed by atoms with Crippen molar-refractivity contribution in [3.63, 3.8) is 0 Å². The molecule has 4 rings (SSSR count). The van der Waals surface area contributed by atoms with Crippen molar-refractivity contribution in [1.29, 1.82) is 0 Å². The first-order valence-electron chi connectivity index (χ1n) is 9.93. The number of sulfonamides is 1. The number of ether oxygens (including phenoxy) is 1. The van der Waals surface area contributed by atoms with Crippen molar-refractivity contribution >= 4 is 27.0 Å². The SMILES string of the molecule is COc1ccccc1N1CCN(S(=O)(=O)c2cn(C(C)C)nc2-c2cccs2)CC1. The van der Waals surface area contributed by atoms with Gasteiger partial charge in [0.05, 0.1) is 17.7 Å². The fourth-order valence-electron chi connectivity index (χ4n) is 3.61. The Morgan fingerprint density at radius 2 is 1.80 bits per heavy atom. The van der Waals surface area contributed by atoms with Crippen LogP contribution in [0.5, 0.6) is 5.75 Å². The number of hydrogen-bond acceptors (Lipinski definition) is 6. The molecule has 0 spiro atoms. The normalized spacial score (nSPS) is 15.7. The molecule has 0 amide bonds. The highest BCUT2D eigenvalue weighted by molar-refractivity contribution is 7.89. The zero-order valence-electron chi connectivity index (χ0n) is 17.4. The molecular formula is C21H26N4O3S2. The fraction of sp³-hybridized carbons (Fsp3) is 0.381. The molecule has 0 unspecified atom stereocenters. The van der Waals surface area contributed by atoms with Gasteiger partial charge >= 0.3 is 0 Å². The number of aromatic nitrogens is 2. The van der Waals surface area contributed by atoms with E-state index in [2.05, 4.69) is 10.00 Å². The van der Waals surface area contributed by atoms with E-state index in [0.717, 1.165) is 16.3 Å². The molecule has 0 bridgehead atoms. The minimum Gasteiger partial charge on any atom is -0.495 e. The van der Waals surface area contributed by atoms with E-state index in [-0.39, 0.29) is 10.9 Å².